The van der Waals surface area contributed by atoms with E-state index in [1.165, 1.54) is 11.3 Å². The number of carbonyl (C=O) groups is 1. The highest BCUT2D eigenvalue weighted by atomic mass is 32.1. The average Bonchev–Trinajstić information content (AvgIpc) is 3.22. The van der Waals surface area contributed by atoms with Crippen LogP contribution in [0.15, 0.2) is 5.51 Å². The molecule has 1 atom stereocenters. The Morgan fingerprint density at radius 2 is 2.45 bits per heavy atom. The molecule has 1 aromatic heterocycles. The second kappa shape index (κ2) is 7.53. The summed E-state index contributed by atoms with van der Waals surface area (Å²) in [6.07, 6.45) is 3.03. The summed E-state index contributed by atoms with van der Waals surface area (Å²) in [6, 6.07) is 0. The predicted molar refractivity (Wildman–Crippen MR) is 88.9 cm³/mol. The van der Waals surface area contributed by atoms with Gasteiger partial charge in [-0.3, -0.25) is 9.69 Å². The molecule has 1 N–H and O–H groups in total. The SMILES string of the molecule is Cc1ncsc1CN(CCN1CCCC1=O)C[C@@H]1CCNC1. The molecule has 1 amide bonds. The zero-order valence-corrected chi connectivity index (χ0v) is 14.2. The molecule has 5 nitrogen and oxygen atoms in total. The van der Waals surface area contributed by atoms with Crippen molar-refractivity contribution in [3.05, 3.63) is 16.1 Å². The first kappa shape index (κ1) is 15.9. The lowest BCUT2D eigenvalue weighted by molar-refractivity contribution is -0.127. The van der Waals surface area contributed by atoms with Crippen molar-refractivity contribution in [2.45, 2.75) is 32.7 Å². The minimum atomic E-state index is 0.330. The molecule has 2 fully saturated rings. The quantitative estimate of drug-likeness (QED) is 0.826. The van der Waals surface area contributed by atoms with E-state index in [0.29, 0.717) is 5.91 Å². The minimum absolute atomic E-state index is 0.330. The Kier molecular flexibility index (Phi) is 5.44. The number of nitrogens with zero attached hydrogens (tertiary/aromatic N) is 3. The third-order valence-corrected chi connectivity index (χ3v) is 5.67. The van der Waals surface area contributed by atoms with Crippen LogP contribution in [0.25, 0.3) is 0 Å². The Morgan fingerprint density at radius 1 is 1.55 bits per heavy atom. The number of rotatable bonds is 7. The number of amides is 1. The smallest absolute Gasteiger partial charge is 0.222 e. The summed E-state index contributed by atoms with van der Waals surface area (Å²) >= 11 is 1.75. The molecule has 2 aliphatic rings. The molecule has 22 heavy (non-hydrogen) atoms. The van der Waals surface area contributed by atoms with Crippen LogP contribution in [0.4, 0.5) is 0 Å². The lowest BCUT2D eigenvalue weighted by Crippen LogP contribution is -2.38. The van der Waals surface area contributed by atoms with Crippen LogP contribution < -0.4 is 5.32 Å². The summed E-state index contributed by atoms with van der Waals surface area (Å²) in [6.45, 7) is 9.23. The van der Waals surface area contributed by atoms with Crippen molar-refractivity contribution in [3.63, 3.8) is 0 Å². The van der Waals surface area contributed by atoms with Crippen LogP contribution >= 0.6 is 11.3 Å². The maximum Gasteiger partial charge on any atom is 0.222 e. The van der Waals surface area contributed by atoms with Crippen LogP contribution in [0, 0.1) is 12.8 Å². The molecule has 0 aliphatic carbocycles. The molecule has 0 spiro atoms. The Hall–Kier alpha value is -0.980. The number of thiazole rings is 1. The molecule has 1 aromatic rings. The molecule has 122 valence electrons. The summed E-state index contributed by atoms with van der Waals surface area (Å²) in [5.74, 6) is 1.07. The van der Waals surface area contributed by atoms with E-state index in [4.69, 9.17) is 0 Å². The summed E-state index contributed by atoms with van der Waals surface area (Å²) in [7, 11) is 0. The van der Waals surface area contributed by atoms with Crippen molar-refractivity contribution < 1.29 is 4.79 Å². The second-order valence-electron chi connectivity index (χ2n) is 6.44. The standard InChI is InChI=1S/C16H26N4OS/c1-13-15(22-12-18-13)11-19(10-14-4-5-17-9-14)7-8-20-6-2-3-16(20)21/h12,14,17H,2-11H2,1H3/t14-/m1/s1. The molecule has 0 bridgehead atoms. The fraction of sp³-hybridized carbons (Fsp3) is 0.750. The van der Waals surface area contributed by atoms with Gasteiger partial charge in [-0.1, -0.05) is 0 Å². The zero-order chi connectivity index (χ0) is 15.4. The number of nitrogens with one attached hydrogen (secondary N) is 1. The van der Waals surface area contributed by atoms with Gasteiger partial charge in [-0.15, -0.1) is 11.3 Å². The molecule has 0 saturated carbocycles. The molecule has 2 aliphatic heterocycles. The van der Waals surface area contributed by atoms with E-state index in [1.54, 1.807) is 11.3 Å². The number of aromatic nitrogens is 1. The van der Waals surface area contributed by atoms with Crippen molar-refractivity contribution in [2.24, 2.45) is 5.92 Å². The van der Waals surface area contributed by atoms with E-state index >= 15 is 0 Å². The molecule has 0 radical (unpaired) electrons. The molecular weight excluding hydrogens is 296 g/mol. The lowest BCUT2D eigenvalue weighted by atomic mass is 10.1. The van der Waals surface area contributed by atoms with Crippen LogP contribution in [-0.4, -0.2) is 60.0 Å². The van der Waals surface area contributed by atoms with E-state index < -0.39 is 0 Å². The zero-order valence-electron chi connectivity index (χ0n) is 13.4. The van der Waals surface area contributed by atoms with E-state index in [9.17, 15) is 4.79 Å². The highest BCUT2D eigenvalue weighted by molar-refractivity contribution is 7.09. The molecule has 0 unspecified atom stereocenters. The van der Waals surface area contributed by atoms with Crippen molar-refractivity contribution in [1.82, 2.24) is 20.1 Å². The summed E-state index contributed by atoms with van der Waals surface area (Å²) in [5.41, 5.74) is 3.08. The van der Waals surface area contributed by atoms with Gasteiger partial charge in [-0.25, -0.2) is 4.98 Å². The van der Waals surface area contributed by atoms with Gasteiger partial charge in [0, 0.05) is 44.0 Å². The Labute approximate surface area is 136 Å². The normalized spacial score (nSPS) is 22.2. The van der Waals surface area contributed by atoms with Gasteiger partial charge in [-0.05, 0) is 38.8 Å². The average molecular weight is 322 g/mol. The molecular formula is C16H26N4OS. The summed E-state index contributed by atoms with van der Waals surface area (Å²) < 4.78 is 0. The van der Waals surface area contributed by atoms with Gasteiger partial charge in [0.2, 0.25) is 5.91 Å². The van der Waals surface area contributed by atoms with E-state index in [-0.39, 0.29) is 0 Å². The lowest BCUT2D eigenvalue weighted by Gasteiger charge is -2.27. The topological polar surface area (TPSA) is 48.5 Å². The third-order valence-electron chi connectivity index (χ3n) is 4.75. The van der Waals surface area contributed by atoms with Crippen LogP contribution in [0.1, 0.15) is 29.8 Å². The van der Waals surface area contributed by atoms with Gasteiger partial charge in [0.15, 0.2) is 0 Å². The Balaban J connectivity index is 1.57. The highest BCUT2D eigenvalue weighted by Gasteiger charge is 2.23. The first-order chi connectivity index (χ1) is 10.7. The van der Waals surface area contributed by atoms with Crippen LogP contribution in [-0.2, 0) is 11.3 Å². The van der Waals surface area contributed by atoms with E-state index in [1.807, 2.05) is 10.4 Å². The second-order valence-corrected chi connectivity index (χ2v) is 7.38. The summed E-state index contributed by atoms with van der Waals surface area (Å²) in [5, 5.41) is 3.45. The van der Waals surface area contributed by atoms with Crippen LogP contribution in [0.2, 0.25) is 0 Å². The number of hydrogen-bond donors (Lipinski definition) is 1. The van der Waals surface area contributed by atoms with Gasteiger partial charge < -0.3 is 10.2 Å². The van der Waals surface area contributed by atoms with Gasteiger partial charge in [0.1, 0.15) is 0 Å². The van der Waals surface area contributed by atoms with Crippen molar-refractivity contribution in [2.75, 3.05) is 39.3 Å². The fourth-order valence-corrected chi connectivity index (χ4v) is 4.17. The molecule has 2 saturated heterocycles. The Bertz CT molecular complexity index is 498. The highest BCUT2D eigenvalue weighted by Crippen LogP contribution is 2.18. The van der Waals surface area contributed by atoms with Crippen LogP contribution in [0.3, 0.4) is 0 Å². The largest absolute Gasteiger partial charge is 0.341 e. The third kappa shape index (κ3) is 4.06. The van der Waals surface area contributed by atoms with Crippen molar-refractivity contribution in [3.8, 4) is 0 Å². The van der Waals surface area contributed by atoms with Gasteiger partial charge in [0.25, 0.3) is 0 Å². The molecule has 6 heteroatoms. The number of aryl methyl sites for hydroxylation is 1. The first-order valence-electron chi connectivity index (χ1n) is 8.32. The molecule has 0 aromatic carbocycles. The van der Waals surface area contributed by atoms with Gasteiger partial charge >= 0.3 is 0 Å². The number of likely N-dealkylation sites (tertiary alicyclic amines) is 1. The number of carbonyl (C=O) groups excluding carboxylic acids is 1. The monoisotopic (exact) mass is 322 g/mol. The van der Waals surface area contributed by atoms with Crippen molar-refractivity contribution >= 4 is 17.2 Å². The maximum atomic E-state index is 11.8. The minimum Gasteiger partial charge on any atom is -0.341 e. The first-order valence-corrected chi connectivity index (χ1v) is 9.20. The van der Waals surface area contributed by atoms with E-state index in [0.717, 1.165) is 70.3 Å². The molecule has 3 heterocycles. The van der Waals surface area contributed by atoms with Crippen molar-refractivity contribution in [1.29, 1.82) is 0 Å². The number of hydrogen-bond acceptors (Lipinski definition) is 5. The maximum absolute atomic E-state index is 11.8. The summed E-state index contributed by atoms with van der Waals surface area (Å²) in [4.78, 5) is 22.1. The predicted octanol–water partition coefficient (Wildman–Crippen LogP) is 1.49. The fourth-order valence-electron chi connectivity index (χ4n) is 3.35. The van der Waals surface area contributed by atoms with E-state index in [2.05, 4.69) is 22.1 Å². The van der Waals surface area contributed by atoms with Gasteiger partial charge in [0.05, 0.1) is 11.2 Å². The van der Waals surface area contributed by atoms with Crippen LogP contribution in [0.5, 0.6) is 0 Å². The Morgan fingerprint density at radius 3 is 3.09 bits per heavy atom. The van der Waals surface area contributed by atoms with Gasteiger partial charge in [-0.2, -0.15) is 0 Å². The molecule has 3 rings (SSSR count).